The summed E-state index contributed by atoms with van der Waals surface area (Å²) in [6.45, 7) is 3.18. The molecule has 1 unspecified atom stereocenters. The zero-order valence-corrected chi connectivity index (χ0v) is 14.3. The second kappa shape index (κ2) is 7.62. The fourth-order valence-corrected chi connectivity index (χ4v) is 3.08. The van der Waals surface area contributed by atoms with Gasteiger partial charge in [0.15, 0.2) is 5.89 Å². The minimum Gasteiger partial charge on any atom is -0.446 e. The molecule has 1 aromatic heterocycles. The predicted molar refractivity (Wildman–Crippen MR) is 90.7 cm³/mol. The van der Waals surface area contributed by atoms with Crippen molar-refractivity contribution in [3.05, 3.63) is 53.2 Å². The van der Waals surface area contributed by atoms with Crippen molar-refractivity contribution in [3.8, 4) is 0 Å². The summed E-state index contributed by atoms with van der Waals surface area (Å²) in [6, 6.07) is 8.33. The summed E-state index contributed by atoms with van der Waals surface area (Å²) >= 11 is 0. The molecule has 2 aromatic rings. The van der Waals surface area contributed by atoms with E-state index in [1.54, 1.807) is 11.1 Å². The number of aryl methyl sites for hydroxylation is 2. The van der Waals surface area contributed by atoms with E-state index in [9.17, 15) is 4.79 Å². The second-order valence-corrected chi connectivity index (χ2v) is 6.30. The number of ether oxygens (including phenoxy) is 1. The van der Waals surface area contributed by atoms with E-state index in [0.29, 0.717) is 31.9 Å². The number of oxazole rings is 1. The van der Waals surface area contributed by atoms with Crippen LogP contribution in [-0.4, -0.2) is 36.0 Å². The van der Waals surface area contributed by atoms with Crippen molar-refractivity contribution in [3.63, 3.8) is 0 Å². The first-order chi connectivity index (χ1) is 11.6. The van der Waals surface area contributed by atoms with Crippen LogP contribution < -0.4 is 0 Å². The molecule has 1 aromatic carbocycles. The van der Waals surface area contributed by atoms with Crippen LogP contribution in [0.4, 0.5) is 0 Å². The number of amides is 1. The predicted octanol–water partition coefficient (Wildman–Crippen LogP) is 3.08. The largest absolute Gasteiger partial charge is 0.446 e. The summed E-state index contributed by atoms with van der Waals surface area (Å²) in [5, 5.41) is 0. The lowest BCUT2D eigenvalue weighted by Crippen LogP contribution is -2.33. The van der Waals surface area contributed by atoms with Crippen LogP contribution in [0.5, 0.6) is 0 Å². The average molecular weight is 328 g/mol. The highest BCUT2D eigenvalue weighted by Crippen LogP contribution is 2.27. The minimum atomic E-state index is -0.0294. The summed E-state index contributed by atoms with van der Waals surface area (Å²) in [4.78, 5) is 18.3. The lowest BCUT2D eigenvalue weighted by Gasteiger charge is -2.29. The minimum absolute atomic E-state index is 0.0294. The summed E-state index contributed by atoms with van der Waals surface area (Å²) < 4.78 is 11.3. The Labute approximate surface area is 142 Å². The molecule has 0 radical (unpaired) electrons. The van der Waals surface area contributed by atoms with Crippen molar-refractivity contribution >= 4 is 5.91 Å². The number of fused-ring (bicyclic) bond motifs is 1. The molecule has 0 spiro atoms. The second-order valence-electron chi connectivity index (χ2n) is 6.30. The standard InChI is InChI=1S/C19H24N2O3/c1-14-12-20-18(24-14)8-5-9-19(22)21(2)13-17-16-7-4-3-6-15(16)10-11-23-17/h3-4,6-7,12,17H,5,8-11,13H2,1-2H3. The monoisotopic (exact) mass is 328 g/mol. The van der Waals surface area contributed by atoms with Gasteiger partial charge in [-0.25, -0.2) is 4.98 Å². The molecule has 1 aliphatic heterocycles. The van der Waals surface area contributed by atoms with Crippen molar-refractivity contribution < 1.29 is 13.9 Å². The fourth-order valence-electron chi connectivity index (χ4n) is 3.08. The van der Waals surface area contributed by atoms with Gasteiger partial charge in [0, 0.05) is 19.9 Å². The number of nitrogens with zero attached hydrogens (tertiary/aromatic N) is 2. The van der Waals surface area contributed by atoms with Gasteiger partial charge in [0.05, 0.1) is 19.3 Å². The van der Waals surface area contributed by atoms with Gasteiger partial charge in [-0.15, -0.1) is 0 Å². The number of carbonyl (C=O) groups is 1. The van der Waals surface area contributed by atoms with Gasteiger partial charge < -0.3 is 14.1 Å². The maximum atomic E-state index is 12.3. The number of benzene rings is 1. The van der Waals surface area contributed by atoms with E-state index in [0.717, 1.165) is 18.6 Å². The molecule has 24 heavy (non-hydrogen) atoms. The highest BCUT2D eigenvalue weighted by molar-refractivity contribution is 5.75. The summed E-state index contributed by atoms with van der Waals surface area (Å²) in [6.07, 6.45) is 4.55. The third-order valence-corrected chi connectivity index (χ3v) is 4.41. The van der Waals surface area contributed by atoms with E-state index >= 15 is 0 Å². The van der Waals surface area contributed by atoms with Gasteiger partial charge in [-0.2, -0.15) is 0 Å². The molecular formula is C19H24N2O3. The Morgan fingerprint density at radius 1 is 1.38 bits per heavy atom. The molecule has 0 aliphatic carbocycles. The molecule has 0 saturated heterocycles. The van der Waals surface area contributed by atoms with E-state index in [-0.39, 0.29) is 12.0 Å². The molecule has 1 atom stereocenters. The van der Waals surface area contributed by atoms with Gasteiger partial charge >= 0.3 is 0 Å². The summed E-state index contributed by atoms with van der Waals surface area (Å²) in [7, 11) is 1.85. The van der Waals surface area contributed by atoms with E-state index in [1.807, 2.05) is 20.0 Å². The number of hydrogen-bond donors (Lipinski definition) is 0. The lowest BCUT2D eigenvalue weighted by molar-refractivity contribution is -0.132. The quantitative estimate of drug-likeness (QED) is 0.818. The Bertz CT molecular complexity index is 695. The van der Waals surface area contributed by atoms with Crippen LogP contribution in [0.1, 0.15) is 41.7 Å². The Hall–Kier alpha value is -2.14. The normalized spacial score (nSPS) is 16.7. The van der Waals surface area contributed by atoms with Gasteiger partial charge in [0.1, 0.15) is 11.9 Å². The van der Waals surface area contributed by atoms with Crippen LogP contribution in [0.25, 0.3) is 0 Å². The molecule has 128 valence electrons. The molecule has 0 saturated carbocycles. The average Bonchev–Trinajstić information content (AvgIpc) is 3.00. The number of hydrogen-bond acceptors (Lipinski definition) is 4. The van der Waals surface area contributed by atoms with Crippen molar-refractivity contribution in [1.82, 2.24) is 9.88 Å². The van der Waals surface area contributed by atoms with Gasteiger partial charge in [0.25, 0.3) is 0 Å². The van der Waals surface area contributed by atoms with E-state index in [1.165, 1.54) is 11.1 Å². The number of aromatic nitrogens is 1. The van der Waals surface area contributed by atoms with Crippen molar-refractivity contribution in [2.75, 3.05) is 20.2 Å². The molecule has 0 bridgehead atoms. The summed E-state index contributed by atoms with van der Waals surface area (Å²) in [5.74, 6) is 1.64. The van der Waals surface area contributed by atoms with Crippen molar-refractivity contribution in [2.24, 2.45) is 0 Å². The zero-order chi connectivity index (χ0) is 16.9. The number of carbonyl (C=O) groups excluding carboxylic acids is 1. The molecule has 2 heterocycles. The maximum absolute atomic E-state index is 12.3. The fraction of sp³-hybridized carbons (Fsp3) is 0.474. The third kappa shape index (κ3) is 4.03. The van der Waals surface area contributed by atoms with Crippen LogP contribution in [0.15, 0.2) is 34.9 Å². The smallest absolute Gasteiger partial charge is 0.222 e. The van der Waals surface area contributed by atoms with E-state index in [2.05, 4.69) is 23.2 Å². The SMILES string of the molecule is Cc1cnc(CCCC(=O)N(C)CC2OCCc3ccccc32)o1. The van der Waals surface area contributed by atoms with Crippen LogP contribution >= 0.6 is 0 Å². The van der Waals surface area contributed by atoms with Gasteiger partial charge in [-0.05, 0) is 30.9 Å². The first kappa shape index (κ1) is 16.7. The summed E-state index contributed by atoms with van der Waals surface area (Å²) in [5.41, 5.74) is 2.53. The molecular weight excluding hydrogens is 304 g/mol. The molecule has 0 N–H and O–H groups in total. The van der Waals surface area contributed by atoms with Crippen molar-refractivity contribution in [2.45, 2.75) is 38.7 Å². The molecule has 1 aliphatic rings. The van der Waals surface area contributed by atoms with E-state index in [4.69, 9.17) is 9.15 Å². The first-order valence-corrected chi connectivity index (χ1v) is 8.48. The molecule has 1 amide bonds. The molecule has 5 heteroatoms. The zero-order valence-electron chi connectivity index (χ0n) is 14.3. The third-order valence-electron chi connectivity index (χ3n) is 4.41. The van der Waals surface area contributed by atoms with Crippen LogP contribution in [0, 0.1) is 6.92 Å². The van der Waals surface area contributed by atoms with Gasteiger partial charge in [-0.3, -0.25) is 4.79 Å². The first-order valence-electron chi connectivity index (χ1n) is 8.48. The molecule has 3 rings (SSSR count). The van der Waals surface area contributed by atoms with Crippen LogP contribution in [0.2, 0.25) is 0 Å². The Kier molecular flexibility index (Phi) is 5.30. The molecule has 5 nitrogen and oxygen atoms in total. The Morgan fingerprint density at radius 2 is 2.21 bits per heavy atom. The van der Waals surface area contributed by atoms with Crippen molar-refractivity contribution in [1.29, 1.82) is 0 Å². The molecule has 0 fully saturated rings. The van der Waals surface area contributed by atoms with Crippen LogP contribution in [-0.2, 0) is 22.4 Å². The lowest BCUT2D eigenvalue weighted by atomic mass is 9.97. The highest BCUT2D eigenvalue weighted by atomic mass is 16.5. The van der Waals surface area contributed by atoms with Gasteiger partial charge in [-0.1, -0.05) is 24.3 Å². The van der Waals surface area contributed by atoms with E-state index < -0.39 is 0 Å². The topological polar surface area (TPSA) is 55.6 Å². The Morgan fingerprint density at radius 3 is 3.00 bits per heavy atom. The number of likely N-dealkylation sites (N-methyl/N-ethyl adjacent to an activating group) is 1. The van der Waals surface area contributed by atoms with Crippen LogP contribution in [0.3, 0.4) is 0 Å². The highest BCUT2D eigenvalue weighted by Gasteiger charge is 2.23. The Balaban J connectivity index is 1.49. The van der Waals surface area contributed by atoms with Gasteiger partial charge in [0.2, 0.25) is 5.91 Å². The maximum Gasteiger partial charge on any atom is 0.222 e. The number of rotatable bonds is 6.